The summed E-state index contributed by atoms with van der Waals surface area (Å²) < 4.78 is 1.63. The lowest BCUT2D eigenvalue weighted by molar-refractivity contribution is 0.0937. The van der Waals surface area contributed by atoms with E-state index in [1.165, 1.54) is 6.33 Å². The van der Waals surface area contributed by atoms with E-state index in [0.29, 0.717) is 29.0 Å². The van der Waals surface area contributed by atoms with Crippen molar-refractivity contribution in [2.75, 3.05) is 11.8 Å². The van der Waals surface area contributed by atoms with E-state index in [0.717, 1.165) is 36.8 Å². The highest BCUT2D eigenvalue weighted by Gasteiger charge is 2.18. The van der Waals surface area contributed by atoms with E-state index in [4.69, 9.17) is 23.2 Å². The number of aryl methyl sites for hydroxylation is 2. The maximum Gasteiger partial charge on any atom is 0.251 e. The van der Waals surface area contributed by atoms with Gasteiger partial charge in [0.25, 0.3) is 5.91 Å². The molecule has 0 saturated carbocycles. The van der Waals surface area contributed by atoms with Gasteiger partial charge in [0.15, 0.2) is 11.6 Å². The van der Waals surface area contributed by atoms with Crippen molar-refractivity contribution in [1.29, 1.82) is 0 Å². The molecule has 3 aromatic rings. The van der Waals surface area contributed by atoms with Crippen LogP contribution in [0.25, 0.3) is 5.82 Å². The Bertz CT molecular complexity index is 935. The SMILES string of the molecule is CC(NC(=O)c1cc(CCCCl)cc(CCCCl)c1)c1ncnn1-c1ccccn1. The molecule has 0 fully saturated rings. The molecule has 0 spiro atoms. The zero-order valence-electron chi connectivity index (χ0n) is 16.9. The minimum Gasteiger partial charge on any atom is -0.342 e. The lowest BCUT2D eigenvalue weighted by atomic mass is 9.99. The van der Waals surface area contributed by atoms with Crippen molar-refractivity contribution in [3.05, 3.63) is 71.4 Å². The molecular formula is C22H25Cl2N5O. The molecule has 2 heterocycles. The molecule has 0 aliphatic carbocycles. The first-order valence-electron chi connectivity index (χ1n) is 9.99. The molecule has 1 aromatic carbocycles. The van der Waals surface area contributed by atoms with E-state index in [-0.39, 0.29) is 11.9 Å². The standard InChI is InChI=1S/C22H25Cl2N5O/c1-16(21-26-15-27-29(21)20-8-2-3-11-25-20)28-22(30)19-13-17(6-4-9-23)12-18(14-19)7-5-10-24/h2-3,8,11-16H,4-7,9-10H2,1H3,(H,28,30). The molecule has 0 aliphatic heterocycles. The molecule has 0 radical (unpaired) electrons. The molecule has 8 heteroatoms. The minimum atomic E-state index is -0.347. The van der Waals surface area contributed by atoms with Crippen LogP contribution in [0, 0.1) is 0 Å². The van der Waals surface area contributed by atoms with Crippen molar-refractivity contribution in [3.8, 4) is 5.82 Å². The van der Waals surface area contributed by atoms with Gasteiger partial charge in [0.2, 0.25) is 0 Å². The first kappa shape index (κ1) is 22.2. The topological polar surface area (TPSA) is 72.7 Å². The van der Waals surface area contributed by atoms with Crippen LogP contribution in [0.3, 0.4) is 0 Å². The first-order valence-corrected chi connectivity index (χ1v) is 11.1. The van der Waals surface area contributed by atoms with Gasteiger partial charge in [0, 0.05) is 23.5 Å². The molecular weight excluding hydrogens is 421 g/mol. The number of alkyl halides is 2. The molecule has 1 N–H and O–H groups in total. The monoisotopic (exact) mass is 445 g/mol. The van der Waals surface area contributed by atoms with Gasteiger partial charge < -0.3 is 5.32 Å². The van der Waals surface area contributed by atoms with E-state index in [1.807, 2.05) is 37.3 Å². The van der Waals surface area contributed by atoms with E-state index in [1.54, 1.807) is 10.9 Å². The zero-order valence-corrected chi connectivity index (χ0v) is 18.4. The average Bonchev–Trinajstić information content (AvgIpc) is 3.27. The smallest absolute Gasteiger partial charge is 0.251 e. The van der Waals surface area contributed by atoms with Crippen LogP contribution in [0.5, 0.6) is 0 Å². The highest BCUT2D eigenvalue weighted by atomic mass is 35.5. The van der Waals surface area contributed by atoms with E-state index in [2.05, 4.69) is 26.4 Å². The van der Waals surface area contributed by atoms with Crippen LogP contribution in [-0.2, 0) is 12.8 Å². The zero-order chi connectivity index (χ0) is 21.3. The summed E-state index contributed by atoms with van der Waals surface area (Å²) in [7, 11) is 0. The summed E-state index contributed by atoms with van der Waals surface area (Å²) in [5.74, 6) is 2.29. The fourth-order valence-electron chi connectivity index (χ4n) is 3.27. The Kier molecular flexibility index (Phi) is 8.22. The Morgan fingerprint density at radius 1 is 1.07 bits per heavy atom. The van der Waals surface area contributed by atoms with Crippen molar-refractivity contribution >= 4 is 29.1 Å². The van der Waals surface area contributed by atoms with Crippen LogP contribution >= 0.6 is 23.2 Å². The number of halogens is 2. The molecule has 2 aromatic heterocycles. The fraction of sp³-hybridized carbons (Fsp3) is 0.364. The van der Waals surface area contributed by atoms with Gasteiger partial charge in [-0.2, -0.15) is 9.78 Å². The third-order valence-electron chi connectivity index (χ3n) is 4.69. The number of amides is 1. The minimum absolute atomic E-state index is 0.155. The van der Waals surface area contributed by atoms with Gasteiger partial charge in [-0.15, -0.1) is 23.2 Å². The largest absolute Gasteiger partial charge is 0.342 e. The Morgan fingerprint density at radius 3 is 2.37 bits per heavy atom. The maximum absolute atomic E-state index is 13.0. The second kappa shape index (κ2) is 11.1. The summed E-state index contributed by atoms with van der Waals surface area (Å²) in [6.07, 6.45) is 6.56. The first-order chi connectivity index (χ1) is 14.6. The number of nitrogens with one attached hydrogen (secondary N) is 1. The van der Waals surface area contributed by atoms with Gasteiger partial charge in [-0.05, 0) is 68.0 Å². The van der Waals surface area contributed by atoms with Gasteiger partial charge in [-0.1, -0.05) is 12.1 Å². The normalized spacial score (nSPS) is 12.0. The molecule has 1 amide bonds. The Balaban J connectivity index is 1.79. The van der Waals surface area contributed by atoms with Crippen molar-refractivity contribution in [2.24, 2.45) is 0 Å². The van der Waals surface area contributed by atoms with E-state index >= 15 is 0 Å². The summed E-state index contributed by atoms with van der Waals surface area (Å²) >= 11 is 11.7. The molecule has 30 heavy (non-hydrogen) atoms. The summed E-state index contributed by atoms with van der Waals surface area (Å²) in [5, 5.41) is 7.28. The molecule has 0 saturated heterocycles. The van der Waals surface area contributed by atoms with Gasteiger partial charge >= 0.3 is 0 Å². The second-order valence-electron chi connectivity index (χ2n) is 7.04. The average molecular weight is 446 g/mol. The van der Waals surface area contributed by atoms with E-state index < -0.39 is 0 Å². The maximum atomic E-state index is 13.0. The van der Waals surface area contributed by atoms with Crippen LogP contribution in [-0.4, -0.2) is 37.4 Å². The van der Waals surface area contributed by atoms with E-state index in [9.17, 15) is 4.79 Å². The lowest BCUT2D eigenvalue weighted by Crippen LogP contribution is -2.29. The summed E-state index contributed by atoms with van der Waals surface area (Å²) in [6, 6.07) is 11.2. The van der Waals surface area contributed by atoms with Gasteiger partial charge in [-0.3, -0.25) is 4.79 Å². The van der Waals surface area contributed by atoms with Crippen LogP contribution in [0.2, 0.25) is 0 Å². The highest BCUT2D eigenvalue weighted by Crippen LogP contribution is 2.17. The van der Waals surface area contributed by atoms with Crippen LogP contribution < -0.4 is 5.32 Å². The second-order valence-corrected chi connectivity index (χ2v) is 7.79. The molecule has 3 rings (SSSR count). The quantitative estimate of drug-likeness (QED) is 0.466. The predicted octanol–water partition coefficient (Wildman–Crippen LogP) is 4.50. The number of nitrogens with zero attached hydrogens (tertiary/aromatic N) is 4. The van der Waals surface area contributed by atoms with Crippen molar-refractivity contribution in [3.63, 3.8) is 0 Å². The number of hydrogen-bond donors (Lipinski definition) is 1. The van der Waals surface area contributed by atoms with Crippen LogP contribution in [0.1, 0.15) is 53.1 Å². The van der Waals surface area contributed by atoms with Crippen LogP contribution in [0.15, 0.2) is 48.9 Å². The Morgan fingerprint density at radius 2 is 1.77 bits per heavy atom. The third kappa shape index (κ3) is 5.80. The number of benzene rings is 1. The van der Waals surface area contributed by atoms with Crippen molar-refractivity contribution in [1.82, 2.24) is 25.1 Å². The Labute approximate surface area is 186 Å². The molecule has 6 nitrogen and oxygen atoms in total. The molecule has 0 aliphatic rings. The van der Waals surface area contributed by atoms with Crippen molar-refractivity contribution in [2.45, 2.75) is 38.6 Å². The number of aromatic nitrogens is 4. The number of carbonyl (C=O) groups excluding carboxylic acids is 1. The molecule has 0 bridgehead atoms. The molecule has 1 atom stereocenters. The fourth-order valence-corrected chi connectivity index (χ4v) is 3.54. The third-order valence-corrected chi connectivity index (χ3v) is 5.22. The van der Waals surface area contributed by atoms with Crippen LogP contribution in [0.4, 0.5) is 0 Å². The van der Waals surface area contributed by atoms with Gasteiger partial charge in [0.05, 0.1) is 6.04 Å². The predicted molar refractivity (Wildman–Crippen MR) is 120 cm³/mol. The van der Waals surface area contributed by atoms with Gasteiger partial charge in [0.1, 0.15) is 6.33 Å². The van der Waals surface area contributed by atoms with Crippen molar-refractivity contribution < 1.29 is 4.79 Å². The number of hydrogen-bond acceptors (Lipinski definition) is 4. The summed E-state index contributed by atoms with van der Waals surface area (Å²) in [6.45, 7) is 1.88. The highest BCUT2D eigenvalue weighted by molar-refractivity contribution is 6.18. The molecule has 158 valence electrons. The molecule has 1 unspecified atom stereocenters. The lowest BCUT2D eigenvalue weighted by Gasteiger charge is -2.15. The number of carbonyl (C=O) groups is 1. The summed E-state index contributed by atoms with van der Waals surface area (Å²) in [4.78, 5) is 21.6. The number of pyridine rings is 1. The summed E-state index contributed by atoms with van der Waals surface area (Å²) in [5.41, 5.74) is 2.84. The van der Waals surface area contributed by atoms with Gasteiger partial charge in [-0.25, -0.2) is 9.97 Å². The number of rotatable bonds is 10. The Hall–Kier alpha value is -2.44.